The van der Waals surface area contributed by atoms with Crippen LogP contribution in [0.15, 0.2) is 84.4 Å². The summed E-state index contributed by atoms with van der Waals surface area (Å²) in [5.41, 5.74) is 4.61. The molecule has 0 spiro atoms. The van der Waals surface area contributed by atoms with Gasteiger partial charge >= 0.3 is 0 Å². The van der Waals surface area contributed by atoms with Gasteiger partial charge in [0.2, 0.25) is 0 Å². The molecule has 1 aliphatic heterocycles. The Morgan fingerprint density at radius 1 is 1.03 bits per heavy atom. The maximum atomic E-state index is 13.2. The number of carbonyl (C=O) groups excluding carboxylic acids is 2. The van der Waals surface area contributed by atoms with E-state index in [4.69, 9.17) is 0 Å². The summed E-state index contributed by atoms with van der Waals surface area (Å²) in [6.45, 7) is 3.97. The normalized spacial score (nSPS) is 16.1. The molecule has 0 saturated heterocycles. The molecule has 0 bridgehead atoms. The molecule has 156 valence electrons. The highest BCUT2D eigenvalue weighted by Gasteiger charge is 2.44. The lowest BCUT2D eigenvalue weighted by molar-refractivity contribution is -0.118. The summed E-state index contributed by atoms with van der Waals surface area (Å²) in [5, 5.41) is 10.8. The molecule has 0 aliphatic carbocycles. The first-order valence-corrected chi connectivity index (χ1v) is 10.3. The van der Waals surface area contributed by atoms with Crippen molar-refractivity contribution in [3.05, 3.63) is 107 Å². The Balaban J connectivity index is 1.72. The van der Waals surface area contributed by atoms with Gasteiger partial charge in [0.15, 0.2) is 11.5 Å². The average molecular weight is 412 g/mol. The lowest BCUT2D eigenvalue weighted by Gasteiger charge is -2.27. The summed E-state index contributed by atoms with van der Waals surface area (Å²) < 4.78 is 0. The highest BCUT2D eigenvalue weighted by atomic mass is 16.3. The number of aliphatic hydroxyl groups is 1. The maximum Gasteiger partial charge on any atom is 0.294 e. The van der Waals surface area contributed by atoms with Crippen LogP contribution in [-0.2, 0) is 16.0 Å². The van der Waals surface area contributed by atoms with Gasteiger partial charge in [-0.15, -0.1) is 0 Å². The summed E-state index contributed by atoms with van der Waals surface area (Å²) in [7, 11) is 0. The molecule has 5 heteroatoms. The molecule has 5 nitrogen and oxygen atoms in total. The molecule has 0 radical (unpaired) electrons. The van der Waals surface area contributed by atoms with Gasteiger partial charge in [0, 0.05) is 24.5 Å². The zero-order valence-electron chi connectivity index (χ0n) is 17.6. The molecule has 1 N–H and O–H groups in total. The van der Waals surface area contributed by atoms with Gasteiger partial charge < -0.3 is 5.11 Å². The maximum absolute atomic E-state index is 13.2. The van der Waals surface area contributed by atoms with Gasteiger partial charge in [0.05, 0.1) is 11.6 Å². The molecule has 3 aromatic rings. The number of carbonyl (C=O) groups is 2. The van der Waals surface area contributed by atoms with Crippen molar-refractivity contribution in [2.45, 2.75) is 32.7 Å². The molecule has 2 heterocycles. The number of rotatable bonds is 6. The number of anilines is 1. The number of benzene rings is 2. The fourth-order valence-corrected chi connectivity index (χ4v) is 3.92. The van der Waals surface area contributed by atoms with Crippen LogP contribution in [0.4, 0.5) is 5.69 Å². The first-order chi connectivity index (χ1) is 15.0. The molecule has 2 aromatic carbocycles. The Labute approximate surface area is 181 Å². The van der Waals surface area contributed by atoms with Crippen molar-refractivity contribution in [2.24, 2.45) is 0 Å². The zero-order valence-corrected chi connectivity index (χ0v) is 17.6. The van der Waals surface area contributed by atoms with Crippen molar-refractivity contribution < 1.29 is 14.7 Å². The Kier molecular flexibility index (Phi) is 5.67. The van der Waals surface area contributed by atoms with Crippen LogP contribution in [0.1, 0.15) is 34.7 Å². The van der Waals surface area contributed by atoms with Crippen LogP contribution in [0.5, 0.6) is 0 Å². The zero-order chi connectivity index (χ0) is 22.0. The largest absolute Gasteiger partial charge is 0.503 e. The van der Waals surface area contributed by atoms with Crippen LogP contribution in [-0.4, -0.2) is 21.8 Å². The summed E-state index contributed by atoms with van der Waals surface area (Å²) in [6.07, 6.45) is 4.01. The predicted octanol–water partition coefficient (Wildman–Crippen LogP) is 4.80. The highest BCUT2D eigenvalue weighted by molar-refractivity contribution is 6.16. The Hall–Kier alpha value is -3.73. The second kappa shape index (κ2) is 8.56. The van der Waals surface area contributed by atoms with Crippen molar-refractivity contribution >= 4 is 17.4 Å². The molecule has 0 fully saturated rings. The predicted molar refractivity (Wildman–Crippen MR) is 120 cm³/mol. The highest BCUT2D eigenvalue weighted by Crippen LogP contribution is 2.41. The quantitative estimate of drug-likeness (QED) is 0.631. The minimum absolute atomic E-state index is 0.132. The molecule has 31 heavy (non-hydrogen) atoms. The number of amides is 1. The van der Waals surface area contributed by atoms with Crippen LogP contribution in [0.25, 0.3) is 0 Å². The first kappa shape index (κ1) is 20.5. The summed E-state index contributed by atoms with van der Waals surface area (Å²) in [4.78, 5) is 32.0. The SMILES string of the molecule is Cc1ccc(N2C(=O)C(O)=C(C(=O)CCc3ccccc3)C2c2cccnc2)cc1C. The van der Waals surface area contributed by atoms with Crippen LogP contribution in [0.3, 0.4) is 0 Å². The van der Waals surface area contributed by atoms with Crippen LogP contribution < -0.4 is 4.90 Å². The second-order valence-electron chi connectivity index (χ2n) is 7.80. The van der Waals surface area contributed by atoms with Gasteiger partial charge in [-0.05, 0) is 60.7 Å². The number of ketones is 1. The molecule has 1 unspecified atom stereocenters. The molecule has 0 saturated carbocycles. The fourth-order valence-electron chi connectivity index (χ4n) is 3.92. The standard InChI is InChI=1S/C26H24N2O3/c1-17-10-12-21(15-18(17)2)28-24(20-9-6-14-27-16-20)23(25(30)26(28)31)22(29)13-11-19-7-4-3-5-8-19/h3-10,12,14-16,24,30H,11,13H2,1-2H3. The van der Waals surface area contributed by atoms with Crippen molar-refractivity contribution in [3.8, 4) is 0 Å². The molecule has 1 aromatic heterocycles. The summed E-state index contributed by atoms with van der Waals surface area (Å²) >= 11 is 0. The molecule has 4 rings (SSSR count). The minimum atomic E-state index is -0.716. The van der Waals surface area contributed by atoms with E-state index in [-0.39, 0.29) is 17.8 Å². The molecule has 1 amide bonds. The van der Waals surface area contributed by atoms with E-state index in [2.05, 4.69) is 4.98 Å². The number of aromatic nitrogens is 1. The van der Waals surface area contributed by atoms with Crippen molar-refractivity contribution in [3.63, 3.8) is 0 Å². The van der Waals surface area contributed by atoms with Gasteiger partial charge in [-0.3, -0.25) is 19.5 Å². The lowest BCUT2D eigenvalue weighted by Crippen LogP contribution is -2.31. The monoisotopic (exact) mass is 412 g/mol. The summed E-state index contributed by atoms with van der Waals surface area (Å²) in [6, 6.07) is 18.2. The lowest BCUT2D eigenvalue weighted by atomic mass is 9.93. The van der Waals surface area contributed by atoms with E-state index in [0.29, 0.717) is 17.7 Å². The van der Waals surface area contributed by atoms with Gasteiger partial charge in [0.25, 0.3) is 5.91 Å². The number of hydrogen-bond acceptors (Lipinski definition) is 4. The van der Waals surface area contributed by atoms with Gasteiger partial charge in [-0.2, -0.15) is 0 Å². The van der Waals surface area contributed by atoms with Gasteiger partial charge in [-0.1, -0.05) is 42.5 Å². The van der Waals surface area contributed by atoms with E-state index in [1.54, 1.807) is 18.5 Å². The Morgan fingerprint density at radius 3 is 2.48 bits per heavy atom. The number of pyridine rings is 1. The number of aryl methyl sites for hydroxylation is 3. The van der Waals surface area contributed by atoms with Crippen LogP contribution in [0.2, 0.25) is 0 Å². The fraction of sp³-hybridized carbons (Fsp3) is 0.192. The third-order valence-corrected chi connectivity index (χ3v) is 5.76. The van der Waals surface area contributed by atoms with Crippen molar-refractivity contribution in [1.29, 1.82) is 0 Å². The molecule has 1 aliphatic rings. The topological polar surface area (TPSA) is 70.5 Å². The Morgan fingerprint density at radius 2 is 1.81 bits per heavy atom. The first-order valence-electron chi connectivity index (χ1n) is 10.3. The number of aliphatic hydroxyl groups excluding tert-OH is 1. The van der Waals surface area contributed by atoms with E-state index in [9.17, 15) is 14.7 Å². The van der Waals surface area contributed by atoms with Crippen LogP contribution >= 0.6 is 0 Å². The van der Waals surface area contributed by atoms with Crippen molar-refractivity contribution in [1.82, 2.24) is 4.98 Å². The van der Waals surface area contributed by atoms with E-state index >= 15 is 0 Å². The van der Waals surface area contributed by atoms with E-state index in [1.165, 1.54) is 4.90 Å². The average Bonchev–Trinajstić information content (AvgIpc) is 3.06. The summed E-state index contributed by atoms with van der Waals surface area (Å²) in [5.74, 6) is -1.29. The van der Waals surface area contributed by atoms with Gasteiger partial charge in [-0.25, -0.2) is 0 Å². The van der Waals surface area contributed by atoms with E-state index in [0.717, 1.165) is 16.7 Å². The Bertz CT molecular complexity index is 1150. The number of Topliss-reactive ketones (excluding diaryl/α,β-unsaturated/α-hetero) is 1. The minimum Gasteiger partial charge on any atom is -0.503 e. The third kappa shape index (κ3) is 3.99. The third-order valence-electron chi connectivity index (χ3n) is 5.76. The van der Waals surface area contributed by atoms with E-state index in [1.807, 2.05) is 68.4 Å². The van der Waals surface area contributed by atoms with Gasteiger partial charge in [0.1, 0.15) is 0 Å². The molecule has 1 atom stereocenters. The number of hydrogen-bond donors (Lipinski definition) is 1. The molecular weight excluding hydrogens is 388 g/mol. The smallest absolute Gasteiger partial charge is 0.294 e. The number of nitrogens with zero attached hydrogens (tertiary/aromatic N) is 2. The molecular formula is C26H24N2O3. The van der Waals surface area contributed by atoms with Crippen molar-refractivity contribution in [2.75, 3.05) is 4.90 Å². The second-order valence-corrected chi connectivity index (χ2v) is 7.80. The van der Waals surface area contributed by atoms with Crippen LogP contribution in [0, 0.1) is 13.8 Å². The van der Waals surface area contributed by atoms with E-state index < -0.39 is 17.7 Å².